The van der Waals surface area contributed by atoms with Gasteiger partial charge in [-0.05, 0) is 37.8 Å². The van der Waals surface area contributed by atoms with Crippen LogP contribution in [0.4, 0.5) is 0 Å². The Morgan fingerprint density at radius 1 is 1.24 bits per heavy atom. The molecule has 2 rings (SSSR count). The molecule has 1 aliphatic heterocycles. The van der Waals surface area contributed by atoms with E-state index < -0.39 is 17.9 Å². The van der Waals surface area contributed by atoms with Gasteiger partial charge in [0.25, 0.3) is 0 Å². The molecule has 0 aliphatic carbocycles. The first-order valence-electron chi connectivity index (χ1n) is 6.42. The number of allylic oxidation sites excluding steroid dienone is 2. The first-order valence-corrected chi connectivity index (χ1v) is 7.30. The van der Waals surface area contributed by atoms with Crippen LogP contribution in [0.25, 0.3) is 0 Å². The molecular weight excluding hydrogens is 290 g/mol. The number of carbonyl (C=O) groups excluding carboxylic acids is 1. The van der Waals surface area contributed by atoms with E-state index in [-0.39, 0.29) is 5.57 Å². The number of nitrogens with one attached hydrogen (secondary N) is 1. The molecule has 1 aromatic rings. The van der Waals surface area contributed by atoms with E-state index in [4.69, 9.17) is 4.74 Å². The molecule has 1 atom stereocenters. The molecular formula is C15H17NO4S. The number of ether oxygens (including phenoxy) is 1. The summed E-state index contributed by atoms with van der Waals surface area (Å²) in [5.74, 6) is -2.15. The van der Waals surface area contributed by atoms with Gasteiger partial charge in [-0.3, -0.25) is 0 Å². The van der Waals surface area contributed by atoms with E-state index in [1.807, 2.05) is 18.4 Å². The molecule has 6 heteroatoms. The van der Waals surface area contributed by atoms with E-state index in [0.29, 0.717) is 17.0 Å². The first kappa shape index (κ1) is 15.3. The van der Waals surface area contributed by atoms with Gasteiger partial charge < -0.3 is 15.2 Å². The third-order valence-electron chi connectivity index (χ3n) is 3.43. The lowest BCUT2D eigenvalue weighted by molar-refractivity contribution is -0.136. The Kier molecular flexibility index (Phi) is 4.18. The van der Waals surface area contributed by atoms with Crippen molar-refractivity contribution in [1.29, 1.82) is 0 Å². The highest BCUT2D eigenvalue weighted by Crippen LogP contribution is 2.41. The van der Waals surface area contributed by atoms with Crippen LogP contribution in [0.5, 0.6) is 0 Å². The predicted molar refractivity (Wildman–Crippen MR) is 80.0 cm³/mol. The summed E-state index contributed by atoms with van der Waals surface area (Å²) in [5, 5.41) is 14.4. The van der Waals surface area contributed by atoms with Gasteiger partial charge in [-0.15, -0.1) is 11.3 Å². The number of methoxy groups -OCH3 is 1. The molecule has 21 heavy (non-hydrogen) atoms. The van der Waals surface area contributed by atoms with Crippen molar-refractivity contribution in [2.24, 2.45) is 0 Å². The van der Waals surface area contributed by atoms with Gasteiger partial charge in [-0.25, -0.2) is 9.59 Å². The summed E-state index contributed by atoms with van der Waals surface area (Å²) in [6, 6.07) is 1.91. The van der Waals surface area contributed by atoms with Crippen molar-refractivity contribution in [2.45, 2.75) is 26.7 Å². The van der Waals surface area contributed by atoms with Crippen molar-refractivity contribution in [3.63, 3.8) is 0 Å². The van der Waals surface area contributed by atoms with Gasteiger partial charge >= 0.3 is 11.9 Å². The number of hydrogen-bond donors (Lipinski definition) is 2. The lowest BCUT2D eigenvalue weighted by Gasteiger charge is -2.28. The molecule has 0 amide bonds. The smallest absolute Gasteiger partial charge is 0.336 e. The molecule has 0 fully saturated rings. The van der Waals surface area contributed by atoms with E-state index >= 15 is 0 Å². The minimum Gasteiger partial charge on any atom is -0.478 e. The second-order valence-electron chi connectivity index (χ2n) is 4.96. The van der Waals surface area contributed by atoms with Crippen molar-refractivity contribution in [1.82, 2.24) is 5.32 Å². The average molecular weight is 307 g/mol. The quantitative estimate of drug-likeness (QED) is 0.839. The lowest BCUT2D eigenvalue weighted by atomic mass is 9.84. The van der Waals surface area contributed by atoms with E-state index in [0.717, 1.165) is 10.4 Å². The van der Waals surface area contributed by atoms with E-state index in [2.05, 4.69) is 5.32 Å². The van der Waals surface area contributed by atoms with Crippen molar-refractivity contribution in [3.8, 4) is 0 Å². The van der Waals surface area contributed by atoms with Crippen LogP contribution in [0.2, 0.25) is 0 Å². The summed E-state index contributed by atoms with van der Waals surface area (Å²) >= 11 is 1.45. The van der Waals surface area contributed by atoms with Crippen LogP contribution in [0.15, 0.2) is 34.0 Å². The monoisotopic (exact) mass is 307 g/mol. The fraction of sp³-hybridized carbons (Fsp3) is 0.333. The van der Waals surface area contributed by atoms with Gasteiger partial charge in [0.2, 0.25) is 0 Å². The van der Waals surface area contributed by atoms with Crippen LogP contribution >= 0.6 is 11.3 Å². The summed E-state index contributed by atoms with van der Waals surface area (Å²) < 4.78 is 4.83. The number of aliphatic carboxylic acids is 1. The predicted octanol–water partition coefficient (Wildman–Crippen LogP) is 2.55. The zero-order chi connectivity index (χ0) is 15.7. The summed E-state index contributed by atoms with van der Waals surface area (Å²) in [5.41, 5.74) is 2.74. The Bertz CT molecular complexity index is 669. The molecule has 5 nitrogen and oxygen atoms in total. The number of aryl methyl sites for hydroxylation is 1. The molecule has 2 heterocycles. The van der Waals surface area contributed by atoms with Crippen LogP contribution in [0.1, 0.15) is 30.2 Å². The maximum atomic E-state index is 12.1. The normalized spacial score (nSPS) is 18.6. The number of carboxylic acids is 1. The number of esters is 1. The van der Waals surface area contributed by atoms with Crippen LogP contribution < -0.4 is 5.32 Å². The fourth-order valence-corrected chi connectivity index (χ4v) is 3.56. The minimum absolute atomic E-state index is 0.183. The molecule has 0 spiro atoms. The number of rotatable bonds is 3. The van der Waals surface area contributed by atoms with Crippen molar-refractivity contribution < 1.29 is 19.4 Å². The highest BCUT2D eigenvalue weighted by Gasteiger charge is 2.37. The number of thiophene rings is 1. The molecule has 1 aromatic heterocycles. The molecule has 1 aliphatic rings. The fourth-order valence-electron chi connectivity index (χ4n) is 2.55. The Morgan fingerprint density at radius 2 is 1.86 bits per heavy atom. The summed E-state index contributed by atoms with van der Waals surface area (Å²) in [4.78, 5) is 24.6. The Labute approximate surface area is 126 Å². The maximum absolute atomic E-state index is 12.1. The van der Waals surface area contributed by atoms with E-state index in [1.165, 1.54) is 18.4 Å². The highest BCUT2D eigenvalue weighted by molar-refractivity contribution is 7.10. The van der Waals surface area contributed by atoms with E-state index in [9.17, 15) is 14.7 Å². The molecule has 1 unspecified atom stereocenters. The van der Waals surface area contributed by atoms with Gasteiger partial charge in [0, 0.05) is 16.3 Å². The number of carbonyl (C=O) groups is 2. The van der Waals surface area contributed by atoms with Crippen LogP contribution in [0.3, 0.4) is 0 Å². The zero-order valence-corrected chi connectivity index (χ0v) is 13.1. The third kappa shape index (κ3) is 2.71. The zero-order valence-electron chi connectivity index (χ0n) is 12.3. The van der Waals surface area contributed by atoms with Crippen molar-refractivity contribution in [3.05, 3.63) is 44.4 Å². The topological polar surface area (TPSA) is 75.6 Å². The molecule has 2 N–H and O–H groups in total. The van der Waals surface area contributed by atoms with Gasteiger partial charge in [-0.2, -0.15) is 0 Å². The number of carboxylic acid groups (broad SMARTS) is 1. The van der Waals surface area contributed by atoms with Crippen molar-refractivity contribution in [2.75, 3.05) is 7.11 Å². The standard InChI is InChI=1S/C15H17NO4S/c1-7-5-10(21-6-7)13-11(14(17)18)8(2)16-9(3)12(13)15(19)20-4/h5-6,13,16H,1-4H3,(H,17,18). The van der Waals surface area contributed by atoms with Crippen LogP contribution in [-0.2, 0) is 14.3 Å². The first-order chi connectivity index (χ1) is 9.86. The van der Waals surface area contributed by atoms with Gasteiger partial charge in [0.15, 0.2) is 0 Å². The summed E-state index contributed by atoms with van der Waals surface area (Å²) in [6.07, 6.45) is 0. The van der Waals surface area contributed by atoms with Gasteiger partial charge in [0.05, 0.1) is 24.2 Å². The molecule has 0 bridgehead atoms. The molecule has 0 aromatic carbocycles. The summed E-state index contributed by atoms with van der Waals surface area (Å²) in [7, 11) is 1.30. The molecule has 0 saturated carbocycles. The van der Waals surface area contributed by atoms with Crippen molar-refractivity contribution >= 4 is 23.3 Å². The second kappa shape index (κ2) is 5.73. The third-order valence-corrected chi connectivity index (χ3v) is 4.55. The van der Waals surface area contributed by atoms with Crippen LogP contribution in [-0.4, -0.2) is 24.2 Å². The Balaban J connectivity index is 2.66. The molecule has 0 radical (unpaired) electrons. The number of hydrogen-bond acceptors (Lipinski definition) is 5. The SMILES string of the molecule is COC(=O)C1=C(C)NC(C)=C(C(=O)O)C1c1cc(C)cs1. The van der Waals surface area contributed by atoms with Gasteiger partial charge in [0.1, 0.15) is 0 Å². The summed E-state index contributed by atoms with van der Waals surface area (Å²) in [6.45, 7) is 5.39. The van der Waals surface area contributed by atoms with E-state index in [1.54, 1.807) is 13.8 Å². The van der Waals surface area contributed by atoms with Gasteiger partial charge in [-0.1, -0.05) is 0 Å². The second-order valence-corrected chi connectivity index (χ2v) is 5.90. The number of dihydropyridines is 1. The lowest BCUT2D eigenvalue weighted by Crippen LogP contribution is -2.31. The minimum atomic E-state index is -1.04. The Morgan fingerprint density at radius 3 is 2.33 bits per heavy atom. The molecule has 112 valence electrons. The largest absolute Gasteiger partial charge is 0.478 e. The highest BCUT2D eigenvalue weighted by atomic mass is 32.1. The maximum Gasteiger partial charge on any atom is 0.336 e. The Hall–Kier alpha value is -2.08. The molecule has 0 saturated heterocycles. The van der Waals surface area contributed by atoms with Crippen LogP contribution in [0, 0.1) is 6.92 Å². The average Bonchev–Trinajstić information content (AvgIpc) is 2.83.